The molecule has 0 saturated heterocycles. The van der Waals surface area contributed by atoms with Gasteiger partial charge >= 0.3 is 0 Å². The molecule has 0 amide bonds. The Morgan fingerprint density at radius 3 is 2.64 bits per heavy atom. The van der Waals surface area contributed by atoms with Crippen molar-refractivity contribution in [3.8, 4) is 0 Å². The lowest BCUT2D eigenvalue weighted by Gasteiger charge is -2.12. The van der Waals surface area contributed by atoms with E-state index in [-0.39, 0.29) is 5.82 Å². The van der Waals surface area contributed by atoms with Crippen LogP contribution in [0.15, 0.2) is 53.5 Å². The molecule has 4 heteroatoms. The van der Waals surface area contributed by atoms with Gasteiger partial charge in [0.25, 0.3) is 0 Å². The van der Waals surface area contributed by atoms with Crippen LogP contribution in [-0.2, 0) is 13.0 Å². The fourth-order valence-corrected chi connectivity index (χ4v) is 2.25. The van der Waals surface area contributed by atoms with Gasteiger partial charge in [0.1, 0.15) is 5.82 Å². The zero-order chi connectivity index (χ0) is 15.8. The molecule has 2 aromatic rings. The molecule has 0 aromatic heterocycles. The molecule has 0 atom stereocenters. The maximum absolute atomic E-state index is 13.5. The monoisotopic (exact) mass is 299 g/mol. The highest BCUT2D eigenvalue weighted by atomic mass is 19.1. The van der Waals surface area contributed by atoms with E-state index < -0.39 is 0 Å². The molecule has 0 heterocycles. The van der Waals surface area contributed by atoms with Crippen molar-refractivity contribution in [2.45, 2.75) is 19.9 Å². The second-order valence-electron chi connectivity index (χ2n) is 5.18. The van der Waals surface area contributed by atoms with E-state index in [1.165, 1.54) is 17.2 Å². The molecule has 0 radical (unpaired) electrons. The van der Waals surface area contributed by atoms with Crippen molar-refractivity contribution in [2.75, 3.05) is 13.6 Å². The number of benzene rings is 2. The van der Waals surface area contributed by atoms with Crippen LogP contribution in [0.2, 0.25) is 0 Å². The van der Waals surface area contributed by atoms with Crippen molar-refractivity contribution in [3.05, 3.63) is 71.0 Å². The Morgan fingerprint density at radius 2 is 1.91 bits per heavy atom. The highest BCUT2D eigenvalue weighted by Crippen LogP contribution is 2.06. The normalized spacial score (nSPS) is 11.3. The van der Waals surface area contributed by atoms with Crippen molar-refractivity contribution in [3.63, 3.8) is 0 Å². The minimum Gasteiger partial charge on any atom is -0.356 e. The summed E-state index contributed by atoms with van der Waals surface area (Å²) in [5.74, 6) is 0.560. The zero-order valence-electron chi connectivity index (χ0n) is 13.1. The van der Waals surface area contributed by atoms with Crippen molar-refractivity contribution < 1.29 is 4.39 Å². The Labute approximate surface area is 131 Å². The fraction of sp³-hybridized carbons (Fsp3) is 0.278. The van der Waals surface area contributed by atoms with E-state index in [0.29, 0.717) is 25.1 Å². The summed E-state index contributed by atoms with van der Waals surface area (Å²) >= 11 is 0. The molecular weight excluding hydrogens is 277 g/mol. The lowest BCUT2D eigenvalue weighted by atomic mass is 10.1. The first-order valence-electron chi connectivity index (χ1n) is 7.42. The first-order valence-corrected chi connectivity index (χ1v) is 7.42. The van der Waals surface area contributed by atoms with Gasteiger partial charge < -0.3 is 10.6 Å². The summed E-state index contributed by atoms with van der Waals surface area (Å²) in [4.78, 5) is 4.18. The van der Waals surface area contributed by atoms with Gasteiger partial charge in [-0.15, -0.1) is 0 Å². The fourth-order valence-electron chi connectivity index (χ4n) is 2.25. The van der Waals surface area contributed by atoms with Gasteiger partial charge in [0.2, 0.25) is 0 Å². The van der Waals surface area contributed by atoms with E-state index in [4.69, 9.17) is 0 Å². The summed E-state index contributed by atoms with van der Waals surface area (Å²) in [6, 6.07) is 15.2. The average Bonchev–Trinajstić information content (AvgIpc) is 2.52. The van der Waals surface area contributed by atoms with Crippen LogP contribution >= 0.6 is 0 Å². The summed E-state index contributed by atoms with van der Waals surface area (Å²) in [5.41, 5.74) is 3.16. The Balaban J connectivity index is 1.79. The number of hydrogen-bond acceptors (Lipinski definition) is 1. The van der Waals surface area contributed by atoms with Gasteiger partial charge in [-0.3, -0.25) is 4.99 Å². The molecule has 0 spiro atoms. The highest BCUT2D eigenvalue weighted by molar-refractivity contribution is 5.79. The van der Waals surface area contributed by atoms with E-state index in [2.05, 4.69) is 40.7 Å². The Kier molecular flexibility index (Phi) is 5.95. The molecule has 22 heavy (non-hydrogen) atoms. The molecule has 0 bridgehead atoms. The number of nitrogens with one attached hydrogen (secondary N) is 2. The predicted molar refractivity (Wildman–Crippen MR) is 89.5 cm³/mol. The molecule has 0 aliphatic carbocycles. The Hall–Kier alpha value is -2.36. The van der Waals surface area contributed by atoms with Crippen LogP contribution in [0.4, 0.5) is 4.39 Å². The highest BCUT2D eigenvalue weighted by Gasteiger charge is 2.02. The van der Waals surface area contributed by atoms with E-state index in [0.717, 1.165) is 5.96 Å². The third-order valence-electron chi connectivity index (χ3n) is 3.41. The summed E-state index contributed by atoms with van der Waals surface area (Å²) in [6.07, 6.45) is 0.623. The molecule has 2 N–H and O–H groups in total. The maximum Gasteiger partial charge on any atom is 0.191 e. The van der Waals surface area contributed by atoms with Gasteiger partial charge in [-0.2, -0.15) is 0 Å². The number of guanidine groups is 1. The molecule has 2 aromatic carbocycles. The van der Waals surface area contributed by atoms with E-state index in [1.807, 2.05) is 12.1 Å². The van der Waals surface area contributed by atoms with Gasteiger partial charge in [-0.25, -0.2) is 4.39 Å². The molecule has 2 rings (SSSR count). The average molecular weight is 299 g/mol. The molecule has 0 unspecified atom stereocenters. The van der Waals surface area contributed by atoms with Crippen LogP contribution in [0.1, 0.15) is 16.7 Å². The standard InChI is InChI=1S/C18H22FN3/c1-14-6-5-7-15(12-14)13-22-18(20-2)21-11-10-16-8-3-4-9-17(16)19/h3-9,12H,10-11,13H2,1-2H3,(H2,20,21,22). The number of rotatable bonds is 5. The molecule has 0 aliphatic rings. The number of halogens is 1. The molecular formula is C18H22FN3. The van der Waals surface area contributed by atoms with E-state index >= 15 is 0 Å². The van der Waals surface area contributed by atoms with Gasteiger partial charge in [0, 0.05) is 20.1 Å². The van der Waals surface area contributed by atoms with Crippen LogP contribution in [-0.4, -0.2) is 19.6 Å². The SMILES string of the molecule is CN=C(NCCc1ccccc1F)NCc1cccc(C)c1. The number of aryl methyl sites for hydroxylation is 1. The van der Waals surface area contributed by atoms with Crippen LogP contribution in [0.3, 0.4) is 0 Å². The Morgan fingerprint density at radius 1 is 1.09 bits per heavy atom. The molecule has 0 fully saturated rings. The molecule has 3 nitrogen and oxygen atoms in total. The van der Waals surface area contributed by atoms with Gasteiger partial charge in [0.05, 0.1) is 0 Å². The number of nitrogens with zero attached hydrogens (tertiary/aromatic N) is 1. The molecule has 116 valence electrons. The summed E-state index contributed by atoms with van der Waals surface area (Å²) < 4.78 is 13.5. The van der Waals surface area contributed by atoms with Crippen molar-refractivity contribution in [1.82, 2.24) is 10.6 Å². The minimum atomic E-state index is -0.160. The third kappa shape index (κ3) is 4.88. The van der Waals surface area contributed by atoms with Crippen LogP contribution < -0.4 is 10.6 Å². The predicted octanol–water partition coefficient (Wildman–Crippen LogP) is 3.04. The van der Waals surface area contributed by atoms with E-state index in [1.54, 1.807) is 19.2 Å². The lowest BCUT2D eigenvalue weighted by molar-refractivity contribution is 0.606. The van der Waals surface area contributed by atoms with Crippen LogP contribution in [0, 0.1) is 12.7 Å². The zero-order valence-corrected chi connectivity index (χ0v) is 13.1. The Bertz CT molecular complexity index is 638. The van der Waals surface area contributed by atoms with Crippen molar-refractivity contribution >= 4 is 5.96 Å². The van der Waals surface area contributed by atoms with E-state index in [9.17, 15) is 4.39 Å². The lowest BCUT2D eigenvalue weighted by Crippen LogP contribution is -2.37. The summed E-state index contributed by atoms with van der Waals surface area (Å²) in [5, 5.41) is 6.46. The summed E-state index contributed by atoms with van der Waals surface area (Å²) in [7, 11) is 1.73. The quantitative estimate of drug-likeness (QED) is 0.657. The van der Waals surface area contributed by atoms with Crippen molar-refractivity contribution in [2.24, 2.45) is 4.99 Å². The van der Waals surface area contributed by atoms with Gasteiger partial charge in [-0.1, -0.05) is 48.0 Å². The first kappa shape index (κ1) is 16.0. The second kappa shape index (κ2) is 8.17. The van der Waals surface area contributed by atoms with Crippen LogP contribution in [0.25, 0.3) is 0 Å². The largest absolute Gasteiger partial charge is 0.356 e. The molecule has 0 aliphatic heterocycles. The summed E-state index contributed by atoms with van der Waals surface area (Å²) in [6.45, 7) is 3.42. The molecule has 0 saturated carbocycles. The second-order valence-corrected chi connectivity index (χ2v) is 5.18. The topological polar surface area (TPSA) is 36.4 Å². The minimum absolute atomic E-state index is 0.160. The smallest absolute Gasteiger partial charge is 0.191 e. The number of hydrogen-bond donors (Lipinski definition) is 2. The number of aliphatic imine (C=N–C) groups is 1. The maximum atomic E-state index is 13.5. The van der Waals surface area contributed by atoms with Gasteiger partial charge in [0.15, 0.2) is 5.96 Å². The van der Waals surface area contributed by atoms with Crippen LogP contribution in [0.5, 0.6) is 0 Å². The van der Waals surface area contributed by atoms with Crippen molar-refractivity contribution in [1.29, 1.82) is 0 Å². The first-order chi connectivity index (χ1) is 10.7. The third-order valence-corrected chi connectivity index (χ3v) is 3.41. The van der Waals surface area contributed by atoms with Gasteiger partial charge in [-0.05, 0) is 30.5 Å².